The van der Waals surface area contributed by atoms with E-state index in [1.54, 1.807) is 42.5 Å². The first-order valence-electron chi connectivity index (χ1n) is 10.3. The number of oxazole rings is 1. The van der Waals surface area contributed by atoms with Gasteiger partial charge in [0.2, 0.25) is 5.89 Å². The molecule has 0 saturated carbocycles. The van der Waals surface area contributed by atoms with Crippen molar-refractivity contribution in [2.24, 2.45) is 0 Å². The van der Waals surface area contributed by atoms with Gasteiger partial charge < -0.3 is 14.2 Å². The number of thiocarbonyl (C=S) groups is 1. The topological polar surface area (TPSA) is 80.3 Å². The van der Waals surface area contributed by atoms with Gasteiger partial charge in [0.1, 0.15) is 11.3 Å². The Balaban J connectivity index is 1.29. The molecule has 0 atom stereocenters. The molecule has 5 rings (SSSR count). The zero-order chi connectivity index (χ0) is 25.4. The quantitative estimate of drug-likeness (QED) is 0.181. The van der Waals surface area contributed by atoms with Crippen LogP contribution in [0.25, 0.3) is 33.9 Å². The Morgan fingerprint density at radius 2 is 1.75 bits per heavy atom. The highest BCUT2D eigenvalue weighted by molar-refractivity contribution is 7.80. The summed E-state index contributed by atoms with van der Waals surface area (Å²) in [6, 6.07) is 16.9. The highest BCUT2D eigenvalue weighted by atomic mass is 35.5. The van der Waals surface area contributed by atoms with Crippen molar-refractivity contribution in [1.29, 1.82) is 0 Å². The highest BCUT2D eigenvalue weighted by Crippen LogP contribution is 2.32. The lowest BCUT2D eigenvalue weighted by molar-refractivity contribution is 0.0951. The van der Waals surface area contributed by atoms with Gasteiger partial charge in [-0.25, -0.2) is 13.8 Å². The summed E-state index contributed by atoms with van der Waals surface area (Å²) in [5.41, 5.74) is 2.13. The van der Waals surface area contributed by atoms with Crippen molar-refractivity contribution in [3.63, 3.8) is 0 Å². The number of hydrogen-bond acceptors (Lipinski definition) is 5. The number of hydrogen-bond donors (Lipinski definition) is 2. The Morgan fingerprint density at radius 3 is 2.56 bits per heavy atom. The van der Waals surface area contributed by atoms with E-state index >= 15 is 0 Å². The molecule has 0 aliphatic heterocycles. The van der Waals surface area contributed by atoms with Crippen molar-refractivity contribution in [2.75, 3.05) is 5.32 Å². The lowest BCUT2D eigenvalue weighted by Gasteiger charge is -2.08. The maximum atomic E-state index is 13.7. The summed E-state index contributed by atoms with van der Waals surface area (Å²) in [5.74, 6) is -2.12. The molecular formula is C25H13Cl2F2N3O3S. The van der Waals surface area contributed by atoms with Crippen LogP contribution in [0, 0.1) is 11.6 Å². The molecule has 0 aliphatic rings. The molecule has 2 heterocycles. The number of carbonyl (C=O) groups is 1. The largest absolute Gasteiger partial charge is 0.451 e. The van der Waals surface area contributed by atoms with Gasteiger partial charge in [0, 0.05) is 16.3 Å². The maximum absolute atomic E-state index is 13.7. The number of aromatic nitrogens is 1. The van der Waals surface area contributed by atoms with E-state index in [1.165, 1.54) is 6.07 Å². The van der Waals surface area contributed by atoms with Crippen molar-refractivity contribution in [3.8, 4) is 22.8 Å². The molecule has 0 radical (unpaired) electrons. The molecule has 0 aliphatic carbocycles. The first-order valence-corrected chi connectivity index (χ1v) is 11.5. The van der Waals surface area contributed by atoms with E-state index in [0.29, 0.717) is 27.6 Å². The number of nitrogens with zero attached hydrogens (tertiary/aromatic N) is 1. The zero-order valence-electron chi connectivity index (χ0n) is 17.9. The van der Waals surface area contributed by atoms with Crippen molar-refractivity contribution in [2.45, 2.75) is 0 Å². The summed E-state index contributed by atoms with van der Waals surface area (Å²) in [6.07, 6.45) is 0. The van der Waals surface area contributed by atoms with E-state index in [1.807, 2.05) is 6.07 Å². The Bertz CT molecular complexity index is 1650. The smallest absolute Gasteiger partial charge is 0.293 e. The summed E-state index contributed by atoms with van der Waals surface area (Å²) in [6.45, 7) is 0. The van der Waals surface area contributed by atoms with Gasteiger partial charge in [-0.15, -0.1) is 0 Å². The monoisotopic (exact) mass is 543 g/mol. The molecule has 0 unspecified atom stereocenters. The fourth-order valence-electron chi connectivity index (χ4n) is 3.39. The third-order valence-corrected chi connectivity index (χ3v) is 5.80. The zero-order valence-corrected chi connectivity index (χ0v) is 20.3. The van der Waals surface area contributed by atoms with E-state index in [9.17, 15) is 13.6 Å². The first-order chi connectivity index (χ1) is 17.3. The number of amides is 1. The second-order valence-electron chi connectivity index (χ2n) is 7.53. The molecule has 2 N–H and O–H groups in total. The number of fused-ring (bicyclic) bond motifs is 1. The van der Waals surface area contributed by atoms with Gasteiger partial charge in [-0.3, -0.25) is 10.1 Å². The molecule has 0 fully saturated rings. The van der Waals surface area contributed by atoms with E-state index in [0.717, 1.165) is 17.7 Å². The number of rotatable bonds is 4. The summed E-state index contributed by atoms with van der Waals surface area (Å²) in [7, 11) is 0. The van der Waals surface area contributed by atoms with Crippen LogP contribution in [-0.2, 0) is 0 Å². The molecule has 6 nitrogen and oxygen atoms in total. The van der Waals surface area contributed by atoms with Crippen molar-refractivity contribution in [3.05, 3.63) is 94.2 Å². The van der Waals surface area contributed by atoms with Gasteiger partial charge in [-0.05, 0) is 66.8 Å². The fraction of sp³-hybridized carbons (Fsp3) is 0. The van der Waals surface area contributed by atoms with Gasteiger partial charge in [0.25, 0.3) is 5.91 Å². The molecule has 11 heteroatoms. The number of nitrogens with one attached hydrogen (secondary N) is 2. The average Bonchev–Trinajstić information content (AvgIpc) is 3.49. The van der Waals surface area contributed by atoms with E-state index < -0.39 is 17.5 Å². The predicted molar refractivity (Wildman–Crippen MR) is 137 cm³/mol. The van der Waals surface area contributed by atoms with Crippen LogP contribution in [0.5, 0.6) is 0 Å². The van der Waals surface area contributed by atoms with Crippen LogP contribution in [0.4, 0.5) is 14.5 Å². The molecule has 36 heavy (non-hydrogen) atoms. The molecule has 180 valence electrons. The average molecular weight is 544 g/mol. The minimum atomic E-state index is -1.07. The van der Waals surface area contributed by atoms with Crippen LogP contribution >= 0.6 is 35.4 Å². The number of halogens is 4. The number of furan rings is 1. The Hall–Kier alpha value is -3.79. The molecule has 0 bridgehead atoms. The van der Waals surface area contributed by atoms with Crippen molar-refractivity contribution < 1.29 is 22.4 Å². The maximum Gasteiger partial charge on any atom is 0.293 e. The van der Waals surface area contributed by atoms with Crippen LogP contribution in [-0.4, -0.2) is 16.0 Å². The first kappa shape index (κ1) is 23.9. The van der Waals surface area contributed by atoms with Crippen LogP contribution < -0.4 is 10.6 Å². The lowest BCUT2D eigenvalue weighted by atomic mass is 10.2. The Labute approximate surface area is 217 Å². The number of benzene rings is 3. The second kappa shape index (κ2) is 9.69. The van der Waals surface area contributed by atoms with Crippen LogP contribution in [0.3, 0.4) is 0 Å². The number of anilines is 1. The summed E-state index contributed by atoms with van der Waals surface area (Å²) < 4.78 is 38.3. The van der Waals surface area contributed by atoms with Crippen LogP contribution in [0.2, 0.25) is 10.0 Å². The third-order valence-electron chi connectivity index (χ3n) is 5.05. The van der Waals surface area contributed by atoms with E-state index in [2.05, 4.69) is 15.6 Å². The minimum absolute atomic E-state index is 0.0208. The highest BCUT2D eigenvalue weighted by Gasteiger charge is 2.17. The second-order valence-corrected chi connectivity index (χ2v) is 8.78. The Kier molecular flexibility index (Phi) is 6.44. The fourth-order valence-corrected chi connectivity index (χ4v) is 4.02. The third kappa shape index (κ3) is 4.94. The van der Waals surface area contributed by atoms with Crippen LogP contribution in [0.1, 0.15) is 10.6 Å². The summed E-state index contributed by atoms with van der Waals surface area (Å²) >= 11 is 17.3. The standard InChI is InChI=1S/C25H13Cl2F2N3O3S/c26-13-3-1-2-12(8-13)20-6-7-22(34-20)23(33)32-25(36)30-14-4-5-21-19(9-14)31-24(35-21)15-10-17(28)18(29)11-16(15)27/h1-11H,(H2,30,32,33,36). The summed E-state index contributed by atoms with van der Waals surface area (Å²) in [5, 5.41) is 5.95. The predicted octanol–water partition coefficient (Wildman–Crippen LogP) is 7.47. The molecule has 1 amide bonds. The van der Waals surface area contributed by atoms with Gasteiger partial charge >= 0.3 is 0 Å². The number of carbonyl (C=O) groups excluding carboxylic acids is 1. The SMILES string of the molecule is O=C(NC(=S)Nc1ccc2oc(-c3cc(F)c(F)cc3Cl)nc2c1)c1ccc(-c2cccc(Cl)c2)o1. The van der Waals surface area contributed by atoms with Crippen LogP contribution in [0.15, 0.2) is 75.6 Å². The molecule has 5 aromatic rings. The van der Waals surface area contributed by atoms with Crippen molar-refractivity contribution >= 4 is 63.2 Å². The normalized spacial score (nSPS) is 11.0. The van der Waals surface area contributed by atoms with Crippen molar-refractivity contribution in [1.82, 2.24) is 10.3 Å². The van der Waals surface area contributed by atoms with E-state index in [-0.39, 0.29) is 27.3 Å². The van der Waals surface area contributed by atoms with E-state index in [4.69, 9.17) is 44.3 Å². The van der Waals surface area contributed by atoms with Gasteiger partial charge in [-0.2, -0.15) is 0 Å². The molecule has 2 aromatic heterocycles. The molecule has 0 saturated heterocycles. The molecule has 3 aromatic carbocycles. The lowest BCUT2D eigenvalue weighted by Crippen LogP contribution is -2.33. The van der Waals surface area contributed by atoms with Gasteiger partial charge in [0.15, 0.2) is 28.1 Å². The summed E-state index contributed by atoms with van der Waals surface area (Å²) in [4.78, 5) is 16.9. The van der Waals surface area contributed by atoms with Gasteiger partial charge in [-0.1, -0.05) is 35.3 Å². The van der Waals surface area contributed by atoms with Gasteiger partial charge in [0.05, 0.1) is 10.6 Å². The Morgan fingerprint density at radius 1 is 0.944 bits per heavy atom. The minimum Gasteiger partial charge on any atom is -0.451 e. The molecular weight excluding hydrogens is 531 g/mol. The molecule has 0 spiro atoms.